The topological polar surface area (TPSA) is 15.3 Å². The molecule has 1 fully saturated rings. The Morgan fingerprint density at radius 1 is 1.21 bits per heavy atom. The predicted octanol–water partition coefficient (Wildman–Crippen LogP) is 4.26. The van der Waals surface area contributed by atoms with Crippen molar-refractivity contribution >= 4 is 17.3 Å². The number of rotatable bonds is 6. The number of hydrogen-bond acceptors (Lipinski definition) is 2. The van der Waals surface area contributed by atoms with E-state index in [0.29, 0.717) is 0 Å². The van der Waals surface area contributed by atoms with Gasteiger partial charge in [0.05, 0.1) is 10.7 Å². The molecule has 1 N–H and O–H groups in total. The average Bonchev–Trinajstić information content (AvgIpc) is 2.42. The molecule has 0 bridgehead atoms. The summed E-state index contributed by atoms with van der Waals surface area (Å²) in [5.41, 5.74) is 1.04. The van der Waals surface area contributed by atoms with Gasteiger partial charge in [-0.1, -0.05) is 43.0 Å². The van der Waals surface area contributed by atoms with E-state index in [1.165, 1.54) is 38.6 Å². The van der Waals surface area contributed by atoms with Gasteiger partial charge in [0.1, 0.15) is 0 Å². The van der Waals surface area contributed by atoms with E-state index in [-0.39, 0.29) is 0 Å². The minimum Gasteiger partial charge on any atom is -0.383 e. The zero-order valence-corrected chi connectivity index (χ0v) is 12.6. The van der Waals surface area contributed by atoms with Crippen LogP contribution < -0.4 is 5.32 Å². The Balaban J connectivity index is 1.66. The van der Waals surface area contributed by atoms with Crippen molar-refractivity contribution in [2.75, 3.05) is 32.0 Å². The molecule has 1 saturated carbocycles. The van der Waals surface area contributed by atoms with Gasteiger partial charge in [-0.3, -0.25) is 0 Å². The molecule has 0 aliphatic heterocycles. The van der Waals surface area contributed by atoms with E-state index in [1.807, 2.05) is 24.3 Å². The first kappa shape index (κ1) is 14.7. The van der Waals surface area contributed by atoms with Crippen molar-refractivity contribution in [2.24, 2.45) is 5.92 Å². The van der Waals surface area contributed by atoms with Gasteiger partial charge in [0, 0.05) is 19.6 Å². The summed E-state index contributed by atoms with van der Waals surface area (Å²) in [6.45, 7) is 3.26. The van der Waals surface area contributed by atoms with Crippen LogP contribution in [0.25, 0.3) is 0 Å². The SMILES string of the molecule is CN(CCNc1ccccc1Cl)CC1CCCCC1. The van der Waals surface area contributed by atoms with Crippen LogP contribution in [0.4, 0.5) is 5.69 Å². The minimum absolute atomic E-state index is 0.803. The fourth-order valence-electron chi connectivity index (χ4n) is 2.89. The molecule has 1 aromatic carbocycles. The van der Waals surface area contributed by atoms with E-state index >= 15 is 0 Å². The highest BCUT2D eigenvalue weighted by molar-refractivity contribution is 6.33. The molecule has 0 atom stereocenters. The molecule has 0 radical (unpaired) electrons. The molecule has 0 aromatic heterocycles. The van der Waals surface area contributed by atoms with Crippen molar-refractivity contribution in [1.82, 2.24) is 4.90 Å². The molecular weight excluding hydrogens is 256 g/mol. The van der Waals surface area contributed by atoms with Gasteiger partial charge in [0.25, 0.3) is 0 Å². The fourth-order valence-corrected chi connectivity index (χ4v) is 3.09. The molecule has 1 aliphatic rings. The third kappa shape index (κ3) is 5.04. The first-order chi connectivity index (χ1) is 9.25. The van der Waals surface area contributed by atoms with Gasteiger partial charge in [0.2, 0.25) is 0 Å². The Labute approximate surface area is 122 Å². The van der Waals surface area contributed by atoms with E-state index in [9.17, 15) is 0 Å². The second-order valence-electron chi connectivity index (χ2n) is 5.67. The van der Waals surface area contributed by atoms with Crippen molar-refractivity contribution in [3.05, 3.63) is 29.3 Å². The largest absolute Gasteiger partial charge is 0.383 e. The highest BCUT2D eigenvalue weighted by Gasteiger charge is 2.14. The van der Waals surface area contributed by atoms with Crippen LogP contribution in [0.5, 0.6) is 0 Å². The van der Waals surface area contributed by atoms with Crippen LogP contribution >= 0.6 is 11.6 Å². The summed E-state index contributed by atoms with van der Waals surface area (Å²) >= 11 is 6.12. The van der Waals surface area contributed by atoms with Crippen LogP contribution in [-0.2, 0) is 0 Å². The molecule has 0 saturated heterocycles. The maximum absolute atomic E-state index is 6.12. The third-order valence-electron chi connectivity index (χ3n) is 3.98. The predicted molar refractivity (Wildman–Crippen MR) is 84.0 cm³/mol. The van der Waals surface area contributed by atoms with Crippen LogP contribution in [0.1, 0.15) is 32.1 Å². The number of hydrogen-bond donors (Lipinski definition) is 1. The number of likely N-dealkylation sites (N-methyl/N-ethyl adjacent to an activating group) is 1. The first-order valence-corrected chi connectivity index (χ1v) is 7.80. The fraction of sp³-hybridized carbons (Fsp3) is 0.625. The Morgan fingerprint density at radius 2 is 1.95 bits per heavy atom. The standard InChI is InChI=1S/C16H25ClN2/c1-19(13-14-7-3-2-4-8-14)12-11-18-16-10-6-5-9-15(16)17/h5-6,9-10,14,18H,2-4,7-8,11-13H2,1H3. The summed E-state index contributed by atoms with van der Waals surface area (Å²) in [6, 6.07) is 7.93. The molecule has 2 rings (SSSR count). The van der Waals surface area contributed by atoms with Crippen molar-refractivity contribution in [2.45, 2.75) is 32.1 Å². The first-order valence-electron chi connectivity index (χ1n) is 7.42. The molecule has 106 valence electrons. The zero-order chi connectivity index (χ0) is 13.5. The van der Waals surface area contributed by atoms with Crippen LogP contribution in [0.15, 0.2) is 24.3 Å². The highest BCUT2D eigenvalue weighted by Crippen LogP contribution is 2.24. The number of nitrogens with zero attached hydrogens (tertiary/aromatic N) is 1. The number of halogens is 1. The lowest BCUT2D eigenvalue weighted by molar-refractivity contribution is 0.239. The Kier molecular flexibility index (Phi) is 5.99. The monoisotopic (exact) mass is 280 g/mol. The van der Waals surface area contributed by atoms with Gasteiger partial charge >= 0.3 is 0 Å². The van der Waals surface area contributed by atoms with Crippen molar-refractivity contribution in [3.8, 4) is 0 Å². The van der Waals surface area contributed by atoms with Gasteiger partial charge in [0.15, 0.2) is 0 Å². The van der Waals surface area contributed by atoms with Crippen molar-refractivity contribution in [1.29, 1.82) is 0 Å². The third-order valence-corrected chi connectivity index (χ3v) is 4.31. The number of para-hydroxylation sites is 1. The summed E-state index contributed by atoms with van der Waals surface area (Å²) in [6.07, 6.45) is 7.13. The summed E-state index contributed by atoms with van der Waals surface area (Å²) in [5, 5.41) is 4.21. The molecule has 0 amide bonds. The van der Waals surface area contributed by atoms with Crippen LogP contribution in [0.3, 0.4) is 0 Å². The van der Waals surface area contributed by atoms with Gasteiger partial charge in [-0.05, 0) is 37.9 Å². The number of nitrogens with one attached hydrogen (secondary N) is 1. The second-order valence-corrected chi connectivity index (χ2v) is 6.08. The molecule has 1 aliphatic carbocycles. The van der Waals surface area contributed by atoms with Crippen molar-refractivity contribution in [3.63, 3.8) is 0 Å². The van der Waals surface area contributed by atoms with E-state index in [0.717, 1.165) is 29.7 Å². The van der Waals surface area contributed by atoms with E-state index in [2.05, 4.69) is 17.3 Å². The molecule has 1 aromatic rings. The molecular formula is C16H25ClN2. The van der Waals surface area contributed by atoms with E-state index in [4.69, 9.17) is 11.6 Å². The quantitative estimate of drug-likeness (QED) is 0.837. The van der Waals surface area contributed by atoms with Gasteiger partial charge in [-0.25, -0.2) is 0 Å². The highest BCUT2D eigenvalue weighted by atomic mass is 35.5. The number of benzene rings is 1. The maximum atomic E-state index is 6.12. The molecule has 19 heavy (non-hydrogen) atoms. The van der Waals surface area contributed by atoms with Crippen LogP contribution in [-0.4, -0.2) is 31.6 Å². The normalized spacial score (nSPS) is 16.8. The summed E-state index contributed by atoms with van der Waals surface area (Å²) in [4.78, 5) is 2.44. The Bertz CT molecular complexity index is 375. The van der Waals surface area contributed by atoms with Crippen LogP contribution in [0.2, 0.25) is 5.02 Å². The van der Waals surface area contributed by atoms with Gasteiger partial charge < -0.3 is 10.2 Å². The molecule has 0 spiro atoms. The summed E-state index contributed by atoms with van der Waals surface area (Å²) in [5.74, 6) is 0.916. The zero-order valence-electron chi connectivity index (χ0n) is 11.9. The Morgan fingerprint density at radius 3 is 2.68 bits per heavy atom. The maximum Gasteiger partial charge on any atom is 0.0637 e. The minimum atomic E-state index is 0.803. The number of anilines is 1. The summed E-state index contributed by atoms with van der Waals surface area (Å²) in [7, 11) is 2.23. The molecule has 3 heteroatoms. The smallest absolute Gasteiger partial charge is 0.0637 e. The van der Waals surface area contributed by atoms with E-state index in [1.54, 1.807) is 0 Å². The average molecular weight is 281 g/mol. The second kappa shape index (κ2) is 7.76. The van der Waals surface area contributed by atoms with Gasteiger partial charge in [-0.2, -0.15) is 0 Å². The molecule has 2 nitrogen and oxygen atoms in total. The molecule has 0 heterocycles. The van der Waals surface area contributed by atoms with Crippen LogP contribution in [0, 0.1) is 5.92 Å². The Hall–Kier alpha value is -0.730. The van der Waals surface area contributed by atoms with Crippen molar-refractivity contribution < 1.29 is 0 Å². The molecule has 0 unspecified atom stereocenters. The lowest BCUT2D eigenvalue weighted by Gasteiger charge is -2.27. The lowest BCUT2D eigenvalue weighted by atomic mass is 9.89. The van der Waals surface area contributed by atoms with Gasteiger partial charge in [-0.15, -0.1) is 0 Å². The lowest BCUT2D eigenvalue weighted by Crippen LogP contribution is -2.31. The summed E-state index contributed by atoms with van der Waals surface area (Å²) < 4.78 is 0. The van der Waals surface area contributed by atoms with E-state index < -0.39 is 0 Å².